The molecule has 0 aromatic heterocycles. The van der Waals surface area contributed by atoms with Crippen LogP contribution in [0.4, 0.5) is 10.1 Å². The number of phenols is 1. The highest BCUT2D eigenvalue weighted by Crippen LogP contribution is 2.29. The highest BCUT2D eigenvalue weighted by molar-refractivity contribution is 9.10. The average molecular weight is 324 g/mol. The van der Waals surface area contributed by atoms with Crippen molar-refractivity contribution in [2.24, 2.45) is 0 Å². The van der Waals surface area contributed by atoms with E-state index in [0.29, 0.717) is 5.56 Å². The van der Waals surface area contributed by atoms with Crippen molar-refractivity contribution in [3.05, 3.63) is 57.8 Å². The second kappa shape index (κ2) is 5.61. The second-order valence-corrected chi connectivity index (χ2v) is 5.44. The van der Waals surface area contributed by atoms with Crippen LogP contribution in [0.15, 0.2) is 40.9 Å². The van der Waals surface area contributed by atoms with Gasteiger partial charge >= 0.3 is 0 Å². The zero-order chi connectivity index (χ0) is 14.0. The van der Waals surface area contributed by atoms with Crippen LogP contribution < -0.4 is 5.32 Å². The number of halogens is 2. The number of anilines is 1. The third-order valence-electron chi connectivity index (χ3n) is 3.02. The van der Waals surface area contributed by atoms with Gasteiger partial charge in [0, 0.05) is 21.8 Å². The largest absolute Gasteiger partial charge is 0.507 e. The van der Waals surface area contributed by atoms with Crippen molar-refractivity contribution in [2.45, 2.75) is 19.9 Å². The highest BCUT2D eigenvalue weighted by Gasteiger charge is 2.12. The normalized spacial score (nSPS) is 12.2. The summed E-state index contributed by atoms with van der Waals surface area (Å²) in [5.41, 5.74) is 2.76. The van der Waals surface area contributed by atoms with Crippen LogP contribution >= 0.6 is 15.9 Å². The lowest BCUT2D eigenvalue weighted by Gasteiger charge is -2.18. The zero-order valence-corrected chi connectivity index (χ0v) is 12.3. The highest BCUT2D eigenvalue weighted by atomic mass is 79.9. The summed E-state index contributed by atoms with van der Waals surface area (Å²) in [4.78, 5) is 0. The molecular weight excluding hydrogens is 309 g/mol. The quantitative estimate of drug-likeness (QED) is 0.852. The number of hydrogen-bond acceptors (Lipinski definition) is 2. The Balaban J connectivity index is 2.23. The van der Waals surface area contributed by atoms with Crippen molar-refractivity contribution in [3.63, 3.8) is 0 Å². The van der Waals surface area contributed by atoms with E-state index in [0.717, 1.165) is 21.8 Å². The lowest BCUT2D eigenvalue weighted by atomic mass is 10.1. The standard InChI is InChI=1S/C15H15BrFNO/c1-9-7-11(16)3-6-14(9)18-10(2)13-5-4-12(17)8-15(13)19/h3-8,10,18-19H,1-2H3. The van der Waals surface area contributed by atoms with Crippen LogP contribution in [0, 0.1) is 12.7 Å². The van der Waals surface area contributed by atoms with Gasteiger partial charge in [0.05, 0.1) is 6.04 Å². The maximum atomic E-state index is 13.0. The first-order valence-electron chi connectivity index (χ1n) is 5.98. The Morgan fingerprint density at radius 3 is 2.58 bits per heavy atom. The van der Waals surface area contributed by atoms with E-state index in [2.05, 4.69) is 21.2 Å². The first kappa shape index (κ1) is 13.9. The maximum absolute atomic E-state index is 13.0. The van der Waals surface area contributed by atoms with Gasteiger partial charge in [0.1, 0.15) is 11.6 Å². The molecule has 0 bridgehead atoms. The molecule has 0 radical (unpaired) electrons. The van der Waals surface area contributed by atoms with Gasteiger partial charge in [-0.15, -0.1) is 0 Å². The smallest absolute Gasteiger partial charge is 0.126 e. The van der Waals surface area contributed by atoms with Crippen LogP contribution in [0.2, 0.25) is 0 Å². The van der Waals surface area contributed by atoms with E-state index in [4.69, 9.17) is 0 Å². The van der Waals surface area contributed by atoms with Gasteiger partial charge < -0.3 is 10.4 Å². The van der Waals surface area contributed by atoms with Gasteiger partial charge in [-0.2, -0.15) is 0 Å². The molecule has 0 aliphatic heterocycles. The van der Waals surface area contributed by atoms with Crippen LogP contribution in [0.1, 0.15) is 24.1 Å². The zero-order valence-electron chi connectivity index (χ0n) is 10.7. The fourth-order valence-electron chi connectivity index (χ4n) is 1.98. The third kappa shape index (κ3) is 3.26. The molecule has 0 spiro atoms. The summed E-state index contributed by atoms with van der Waals surface area (Å²) in [5.74, 6) is -0.469. The average Bonchev–Trinajstić information content (AvgIpc) is 2.32. The fraction of sp³-hybridized carbons (Fsp3) is 0.200. The molecule has 1 atom stereocenters. The second-order valence-electron chi connectivity index (χ2n) is 4.53. The molecule has 0 amide bonds. The molecule has 2 aromatic rings. The lowest BCUT2D eigenvalue weighted by molar-refractivity contribution is 0.459. The Hall–Kier alpha value is -1.55. The Kier molecular flexibility index (Phi) is 4.10. The van der Waals surface area contributed by atoms with Crippen molar-refractivity contribution in [1.29, 1.82) is 0 Å². The molecule has 0 fully saturated rings. The minimum atomic E-state index is -0.437. The summed E-state index contributed by atoms with van der Waals surface area (Å²) in [5, 5.41) is 13.1. The van der Waals surface area contributed by atoms with E-state index in [9.17, 15) is 9.50 Å². The van der Waals surface area contributed by atoms with Gasteiger partial charge in [-0.25, -0.2) is 4.39 Å². The minimum absolute atomic E-state index is 0.0326. The molecule has 2 N–H and O–H groups in total. The molecule has 100 valence electrons. The predicted molar refractivity (Wildman–Crippen MR) is 79.0 cm³/mol. The van der Waals surface area contributed by atoms with Crippen molar-refractivity contribution < 1.29 is 9.50 Å². The molecule has 4 heteroatoms. The monoisotopic (exact) mass is 323 g/mol. The van der Waals surface area contributed by atoms with Crippen LogP contribution in [0.5, 0.6) is 5.75 Å². The van der Waals surface area contributed by atoms with Crippen molar-refractivity contribution >= 4 is 21.6 Å². The van der Waals surface area contributed by atoms with Gasteiger partial charge in [0.2, 0.25) is 0 Å². The van der Waals surface area contributed by atoms with E-state index >= 15 is 0 Å². The van der Waals surface area contributed by atoms with Crippen molar-refractivity contribution in [3.8, 4) is 5.75 Å². The van der Waals surface area contributed by atoms with Gasteiger partial charge in [0.15, 0.2) is 0 Å². The van der Waals surface area contributed by atoms with E-state index in [1.165, 1.54) is 6.07 Å². The Morgan fingerprint density at radius 1 is 1.21 bits per heavy atom. The number of hydrogen-bond donors (Lipinski definition) is 2. The van der Waals surface area contributed by atoms with Crippen molar-refractivity contribution in [2.75, 3.05) is 5.32 Å². The Bertz CT molecular complexity index is 601. The molecule has 2 rings (SSSR count). The van der Waals surface area contributed by atoms with Gasteiger partial charge in [-0.1, -0.05) is 22.0 Å². The van der Waals surface area contributed by atoms with Crippen LogP contribution in [0.25, 0.3) is 0 Å². The fourth-order valence-corrected chi connectivity index (χ4v) is 2.46. The summed E-state index contributed by atoms with van der Waals surface area (Å²) in [7, 11) is 0. The molecule has 0 aliphatic carbocycles. The van der Waals surface area contributed by atoms with E-state index in [1.807, 2.05) is 32.0 Å². The molecule has 19 heavy (non-hydrogen) atoms. The number of nitrogens with one attached hydrogen (secondary N) is 1. The molecule has 0 saturated heterocycles. The molecule has 0 aliphatic rings. The summed E-state index contributed by atoms with van der Waals surface area (Å²) in [6.07, 6.45) is 0. The van der Waals surface area contributed by atoms with E-state index in [1.54, 1.807) is 6.07 Å². The molecule has 0 saturated carbocycles. The molecule has 1 unspecified atom stereocenters. The molecular formula is C15H15BrFNO. The number of rotatable bonds is 3. The first-order chi connectivity index (χ1) is 8.97. The topological polar surface area (TPSA) is 32.3 Å². The Morgan fingerprint density at radius 2 is 1.95 bits per heavy atom. The van der Waals surface area contributed by atoms with E-state index in [-0.39, 0.29) is 11.8 Å². The maximum Gasteiger partial charge on any atom is 0.126 e. The predicted octanol–water partition coefficient (Wildman–Crippen LogP) is 4.78. The third-order valence-corrected chi connectivity index (χ3v) is 3.51. The van der Waals surface area contributed by atoms with E-state index < -0.39 is 5.82 Å². The number of phenolic OH excluding ortho intramolecular Hbond substituents is 1. The van der Waals surface area contributed by atoms with Crippen LogP contribution in [-0.4, -0.2) is 5.11 Å². The summed E-state index contributed by atoms with van der Waals surface area (Å²) < 4.78 is 14.0. The van der Waals surface area contributed by atoms with Crippen LogP contribution in [-0.2, 0) is 0 Å². The van der Waals surface area contributed by atoms with Gasteiger partial charge in [0.25, 0.3) is 0 Å². The van der Waals surface area contributed by atoms with Crippen LogP contribution in [0.3, 0.4) is 0 Å². The summed E-state index contributed by atoms with van der Waals surface area (Å²) in [6, 6.07) is 9.89. The van der Waals surface area contributed by atoms with Gasteiger partial charge in [-0.3, -0.25) is 0 Å². The lowest BCUT2D eigenvalue weighted by Crippen LogP contribution is -2.08. The SMILES string of the molecule is Cc1cc(Br)ccc1NC(C)c1ccc(F)cc1O. The molecule has 2 nitrogen and oxygen atoms in total. The van der Waals surface area contributed by atoms with Gasteiger partial charge in [-0.05, 0) is 43.7 Å². The molecule has 0 heterocycles. The number of aryl methyl sites for hydroxylation is 1. The minimum Gasteiger partial charge on any atom is -0.507 e. The molecule has 2 aromatic carbocycles. The number of benzene rings is 2. The van der Waals surface area contributed by atoms with Crippen molar-refractivity contribution in [1.82, 2.24) is 0 Å². The summed E-state index contributed by atoms with van der Waals surface area (Å²) in [6.45, 7) is 3.93. The Labute approximate surface area is 120 Å². The number of aromatic hydroxyl groups is 1. The summed E-state index contributed by atoms with van der Waals surface area (Å²) >= 11 is 3.42. The first-order valence-corrected chi connectivity index (χ1v) is 6.78.